The number of benzene rings is 2. The number of carboxylic acid groups (broad SMARTS) is 1. The van der Waals surface area contributed by atoms with Crippen LogP contribution < -0.4 is 0 Å². The number of aromatic nitrogens is 2. The van der Waals surface area contributed by atoms with Gasteiger partial charge < -0.3 is 14.6 Å². The zero-order chi connectivity index (χ0) is 21.6. The van der Waals surface area contributed by atoms with Gasteiger partial charge in [0.2, 0.25) is 0 Å². The van der Waals surface area contributed by atoms with Crippen LogP contribution in [0.4, 0.5) is 0 Å². The first-order valence-corrected chi connectivity index (χ1v) is 9.97. The number of aliphatic carboxylic acids is 1. The summed E-state index contributed by atoms with van der Waals surface area (Å²) in [6.07, 6.45) is 3.33. The number of hydrogen-bond donors (Lipinski definition) is 1. The Bertz CT molecular complexity index is 1160. The van der Waals surface area contributed by atoms with Crippen LogP contribution in [0.25, 0.3) is 11.1 Å². The van der Waals surface area contributed by atoms with Crippen LogP contribution in [0.15, 0.2) is 36.7 Å². The summed E-state index contributed by atoms with van der Waals surface area (Å²) in [6.45, 7) is 7.01. The van der Waals surface area contributed by atoms with Crippen molar-refractivity contribution in [1.29, 1.82) is 0 Å². The minimum atomic E-state index is -0.857. The quantitative estimate of drug-likeness (QED) is 0.719. The van der Waals surface area contributed by atoms with Crippen molar-refractivity contribution in [3.05, 3.63) is 75.9 Å². The summed E-state index contributed by atoms with van der Waals surface area (Å²) in [6, 6.07) is 8.17. The van der Waals surface area contributed by atoms with E-state index in [0.29, 0.717) is 18.9 Å². The summed E-state index contributed by atoms with van der Waals surface area (Å²) < 4.78 is 1.72. The maximum Gasteiger partial charge on any atom is 0.307 e. The Hall–Kier alpha value is -3.41. The Morgan fingerprint density at radius 1 is 1.03 bits per heavy atom. The standard InChI is InChI=1S/C24H25N3O3/c1-14-5-7-17(8-6-14)22-16(3)20-13-27(24(30)23-25-9-10-26(23)4)12-19(20)15(2)18(22)11-21(28)29/h5-10H,11-13H2,1-4H3,(H,28,29). The van der Waals surface area contributed by atoms with Crippen LogP contribution in [0, 0.1) is 20.8 Å². The third kappa shape index (κ3) is 3.28. The zero-order valence-corrected chi connectivity index (χ0v) is 17.7. The van der Waals surface area contributed by atoms with E-state index >= 15 is 0 Å². The van der Waals surface area contributed by atoms with Crippen molar-refractivity contribution < 1.29 is 14.7 Å². The molecule has 0 aliphatic carbocycles. The molecule has 6 nitrogen and oxygen atoms in total. The van der Waals surface area contributed by atoms with Crippen molar-refractivity contribution in [2.45, 2.75) is 40.3 Å². The molecule has 0 spiro atoms. The lowest BCUT2D eigenvalue weighted by atomic mass is 9.84. The Kier molecular flexibility index (Phi) is 4.94. The fourth-order valence-electron chi connectivity index (χ4n) is 4.41. The van der Waals surface area contributed by atoms with Gasteiger partial charge in [0.1, 0.15) is 0 Å². The molecule has 1 aliphatic rings. The fourth-order valence-corrected chi connectivity index (χ4v) is 4.41. The molecule has 2 heterocycles. The molecule has 0 bridgehead atoms. The molecule has 1 N–H and O–H groups in total. The number of amides is 1. The number of carbonyl (C=O) groups is 2. The highest BCUT2D eigenvalue weighted by Gasteiger charge is 2.32. The van der Waals surface area contributed by atoms with E-state index in [1.165, 1.54) is 0 Å². The number of aryl methyl sites for hydroxylation is 2. The fraction of sp³-hybridized carbons (Fsp3) is 0.292. The Morgan fingerprint density at radius 3 is 2.23 bits per heavy atom. The molecular formula is C24H25N3O3. The molecule has 0 radical (unpaired) electrons. The Labute approximate surface area is 175 Å². The first-order valence-electron chi connectivity index (χ1n) is 9.97. The average molecular weight is 403 g/mol. The van der Waals surface area contributed by atoms with Crippen LogP contribution in [0.5, 0.6) is 0 Å². The third-order valence-electron chi connectivity index (χ3n) is 6.06. The minimum absolute atomic E-state index is 0.0452. The predicted octanol–water partition coefficient (Wildman–Crippen LogP) is 3.80. The molecule has 4 rings (SSSR count). The average Bonchev–Trinajstić information content (AvgIpc) is 3.33. The summed E-state index contributed by atoms with van der Waals surface area (Å²) in [7, 11) is 1.81. The Morgan fingerprint density at radius 2 is 1.67 bits per heavy atom. The summed E-state index contributed by atoms with van der Waals surface area (Å²) in [5.41, 5.74) is 8.14. The molecule has 0 saturated heterocycles. The van der Waals surface area contributed by atoms with E-state index in [-0.39, 0.29) is 12.3 Å². The SMILES string of the molecule is Cc1ccc(-c2c(C)c3c(c(C)c2CC(=O)O)CN(C(=O)c2nccn2C)C3)cc1. The predicted molar refractivity (Wildman–Crippen MR) is 114 cm³/mol. The van der Waals surface area contributed by atoms with Gasteiger partial charge in [-0.25, -0.2) is 4.98 Å². The summed E-state index contributed by atoms with van der Waals surface area (Å²) in [4.78, 5) is 30.7. The number of imidazole rings is 1. The number of fused-ring (bicyclic) bond motifs is 1. The van der Waals surface area contributed by atoms with Crippen molar-refractivity contribution >= 4 is 11.9 Å². The maximum atomic E-state index is 13.0. The van der Waals surface area contributed by atoms with E-state index in [2.05, 4.69) is 4.98 Å². The van der Waals surface area contributed by atoms with Crippen molar-refractivity contribution in [1.82, 2.24) is 14.5 Å². The van der Waals surface area contributed by atoms with Gasteiger partial charge in [0, 0.05) is 32.5 Å². The van der Waals surface area contributed by atoms with E-state index in [1.54, 1.807) is 28.9 Å². The van der Waals surface area contributed by atoms with E-state index in [0.717, 1.165) is 44.5 Å². The first kappa shape index (κ1) is 19.9. The second-order valence-corrected chi connectivity index (χ2v) is 8.02. The van der Waals surface area contributed by atoms with E-state index in [1.807, 2.05) is 45.0 Å². The normalized spacial score (nSPS) is 12.9. The van der Waals surface area contributed by atoms with Crippen LogP contribution >= 0.6 is 0 Å². The molecule has 2 aromatic carbocycles. The lowest BCUT2D eigenvalue weighted by Gasteiger charge is -2.19. The van der Waals surface area contributed by atoms with Gasteiger partial charge in [0.25, 0.3) is 5.91 Å². The second-order valence-electron chi connectivity index (χ2n) is 8.02. The molecule has 1 amide bonds. The van der Waals surface area contributed by atoms with Crippen LogP contribution in [0.3, 0.4) is 0 Å². The molecule has 30 heavy (non-hydrogen) atoms. The van der Waals surface area contributed by atoms with Crippen LogP contribution in [0.2, 0.25) is 0 Å². The lowest BCUT2D eigenvalue weighted by Crippen LogP contribution is -2.27. The number of nitrogens with zero attached hydrogens (tertiary/aromatic N) is 3. The highest BCUT2D eigenvalue weighted by atomic mass is 16.4. The number of rotatable bonds is 4. The van der Waals surface area contributed by atoms with Gasteiger partial charge >= 0.3 is 5.97 Å². The van der Waals surface area contributed by atoms with E-state index in [9.17, 15) is 14.7 Å². The van der Waals surface area contributed by atoms with Crippen LogP contribution in [-0.2, 0) is 31.4 Å². The lowest BCUT2D eigenvalue weighted by molar-refractivity contribution is -0.136. The number of carboxylic acids is 1. The van der Waals surface area contributed by atoms with E-state index in [4.69, 9.17) is 0 Å². The highest BCUT2D eigenvalue weighted by Crippen LogP contribution is 2.39. The molecule has 3 aromatic rings. The molecule has 0 atom stereocenters. The highest BCUT2D eigenvalue weighted by molar-refractivity contribution is 5.91. The summed E-state index contributed by atoms with van der Waals surface area (Å²) >= 11 is 0. The molecule has 154 valence electrons. The third-order valence-corrected chi connectivity index (χ3v) is 6.06. The number of hydrogen-bond acceptors (Lipinski definition) is 3. The zero-order valence-electron chi connectivity index (χ0n) is 17.7. The second kappa shape index (κ2) is 7.44. The van der Waals surface area contributed by atoms with Gasteiger partial charge in [-0.3, -0.25) is 9.59 Å². The molecule has 0 fully saturated rings. The minimum Gasteiger partial charge on any atom is -0.481 e. The van der Waals surface area contributed by atoms with Gasteiger partial charge in [-0.2, -0.15) is 0 Å². The van der Waals surface area contributed by atoms with Gasteiger partial charge in [0.15, 0.2) is 5.82 Å². The van der Waals surface area contributed by atoms with Crippen molar-refractivity contribution in [3.8, 4) is 11.1 Å². The number of carbonyl (C=O) groups excluding carboxylic acids is 1. The Balaban J connectivity index is 1.83. The largest absolute Gasteiger partial charge is 0.481 e. The van der Waals surface area contributed by atoms with Crippen LogP contribution in [-0.4, -0.2) is 31.4 Å². The van der Waals surface area contributed by atoms with Crippen LogP contribution in [0.1, 0.15) is 44.0 Å². The van der Waals surface area contributed by atoms with Gasteiger partial charge in [-0.15, -0.1) is 0 Å². The molecule has 0 unspecified atom stereocenters. The first-order chi connectivity index (χ1) is 14.3. The van der Waals surface area contributed by atoms with Crippen molar-refractivity contribution in [2.24, 2.45) is 7.05 Å². The summed E-state index contributed by atoms with van der Waals surface area (Å²) in [5.74, 6) is -0.568. The van der Waals surface area contributed by atoms with Gasteiger partial charge in [-0.05, 0) is 59.7 Å². The smallest absolute Gasteiger partial charge is 0.307 e. The molecule has 0 saturated carbocycles. The topological polar surface area (TPSA) is 75.4 Å². The van der Waals surface area contributed by atoms with Crippen molar-refractivity contribution in [3.63, 3.8) is 0 Å². The molecule has 1 aliphatic heterocycles. The van der Waals surface area contributed by atoms with E-state index < -0.39 is 5.97 Å². The monoisotopic (exact) mass is 403 g/mol. The molecule has 1 aromatic heterocycles. The molecular weight excluding hydrogens is 378 g/mol. The van der Waals surface area contributed by atoms with Gasteiger partial charge in [-0.1, -0.05) is 29.8 Å². The van der Waals surface area contributed by atoms with Gasteiger partial charge in [0.05, 0.1) is 6.42 Å². The molecule has 6 heteroatoms. The summed E-state index contributed by atoms with van der Waals surface area (Å²) in [5, 5.41) is 9.57. The van der Waals surface area contributed by atoms with Crippen molar-refractivity contribution in [2.75, 3.05) is 0 Å². The maximum absolute atomic E-state index is 13.0.